The molecule has 1 nitrogen and oxygen atoms in total. The number of ketones is 1. The van der Waals surface area contributed by atoms with E-state index >= 15 is 0 Å². The molecule has 1 rings (SSSR count). The Morgan fingerprint density at radius 2 is 2.23 bits per heavy atom. The van der Waals surface area contributed by atoms with Gasteiger partial charge < -0.3 is 0 Å². The molecule has 0 spiro atoms. The van der Waals surface area contributed by atoms with E-state index in [-0.39, 0.29) is 10.6 Å². The number of hydrogen-bond donors (Lipinski definition) is 0. The van der Waals surface area contributed by atoms with Crippen molar-refractivity contribution in [3.05, 3.63) is 32.4 Å². The summed E-state index contributed by atoms with van der Waals surface area (Å²) >= 11 is 11.3. The van der Waals surface area contributed by atoms with E-state index in [0.717, 1.165) is 3.57 Å². The summed E-state index contributed by atoms with van der Waals surface area (Å²) in [6.07, 6.45) is 0. The van der Waals surface area contributed by atoms with Crippen LogP contribution in [-0.2, 0) is 0 Å². The second-order valence-corrected chi connectivity index (χ2v) is 5.63. The topological polar surface area (TPSA) is 17.1 Å². The number of alkyl halides is 1. The average molecular weight is 373 g/mol. The minimum Gasteiger partial charge on any atom is -0.293 e. The van der Waals surface area contributed by atoms with Gasteiger partial charge in [0.05, 0.1) is 9.85 Å². The summed E-state index contributed by atoms with van der Waals surface area (Å²) in [4.78, 5) is 11.4. The molecular weight excluding hydrogens is 366 g/mol. The van der Waals surface area contributed by atoms with E-state index in [0.29, 0.717) is 10.6 Å². The van der Waals surface area contributed by atoms with Crippen molar-refractivity contribution in [1.82, 2.24) is 0 Å². The fourth-order valence-corrected chi connectivity index (χ4v) is 1.85. The molecule has 0 saturated carbocycles. The van der Waals surface area contributed by atoms with Crippen LogP contribution in [0.1, 0.15) is 17.3 Å². The smallest absolute Gasteiger partial charge is 0.177 e. The lowest BCUT2D eigenvalue weighted by Crippen LogP contribution is -2.10. The molecule has 0 N–H and O–H groups in total. The number of carbonyl (C=O) groups excluding carboxylic acids is 1. The SMILES string of the molecule is CC(Br)C(=O)c1cc(I)ccc1Cl. The van der Waals surface area contributed by atoms with Crippen molar-refractivity contribution in [2.75, 3.05) is 0 Å². The van der Waals surface area contributed by atoms with E-state index in [9.17, 15) is 4.79 Å². The van der Waals surface area contributed by atoms with Crippen LogP contribution < -0.4 is 0 Å². The number of halogens is 3. The molecule has 1 aromatic carbocycles. The van der Waals surface area contributed by atoms with Gasteiger partial charge in [0.2, 0.25) is 0 Å². The first-order chi connectivity index (χ1) is 6.02. The molecule has 0 bridgehead atoms. The van der Waals surface area contributed by atoms with Crippen LogP contribution >= 0.6 is 50.1 Å². The average Bonchev–Trinajstić information content (AvgIpc) is 2.08. The fourth-order valence-electron chi connectivity index (χ4n) is 0.901. The standard InChI is InChI=1S/C9H7BrClIO/c1-5(10)9(13)7-4-6(12)2-3-8(7)11/h2-5H,1H3. The Morgan fingerprint density at radius 3 is 2.77 bits per heavy atom. The minimum atomic E-state index is -0.191. The van der Waals surface area contributed by atoms with Gasteiger partial charge in [0.15, 0.2) is 5.78 Å². The molecule has 0 aliphatic rings. The van der Waals surface area contributed by atoms with Crippen molar-refractivity contribution in [2.45, 2.75) is 11.8 Å². The third-order valence-electron chi connectivity index (χ3n) is 1.56. The Hall–Kier alpha value is 0.390. The number of hydrogen-bond acceptors (Lipinski definition) is 1. The van der Waals surface area contributed by atoms with Crippen molar-refractivity contribution in [3.8, 4) is 0 Å². The van der Waals surface area contributed by atoms with E-state index in [1.165, 1.54) is 0 Å². The van der Waals surface area contributed by atoms with Gasteiger partial charge >= 0.3 is 0 Å². The second kappa shape index (κ2) is 4.75. The van der Waals surface area contributed by atoms with Crippen LogP contribution in [0.3, 0.4) is 0 Å². The summed E-state index contributed by atoms with van der Waals surface area (Å²) in [6, 6.07) is 5.41. The normalized spacial score (nSPS) is 12.6. The zero-order valence-corrected chi connectivity index (χ0v) is 11.4. The predicted octanol–water partition coefficient (Wildman–Crippen LogP) is 3.91. The highest BCUT2D eigenvalue weighted by Gasteiger charge is 2.15. The molecule has 0 aliphatic heterocycles. The highest BCUT2D eigenvalue weighted by atomic mass is 127. The molecule has 0 heterocycles. The fraction of sp³-hybridized carbons (Fsp3) is 0.222. The highest BCUT2D eigenvalue weighted by Crippen LogP contribution is 2.21. The monoisotopic (exact) mass is 372 g/mol. The van der Waals surface area contributed by atoms with Gasteiger partial charge in [-0.05, 0) is 47.7 Å². The van der Waals surface area contributed by atoms with Gasteiger partial charge in [0, 0.05) is 9.13 Å². The molecule has 0 amide bonds. The molecule has 0 aliphatic carbocycles. The first-order valence-corrected chi connectivity index (χ1v) is 6.03. The first kappa shape index (κ1) is 11.5. The van der Waals surface area contributed by atoms with Gasteiger partial charge in [-0.1, -0.05) is 27.5 Å². The molecule has 13 heavy (non-hydrogen) atoms. The van der Waals surface area contributed by atoms with Crippen LogP contribution in [0.4, 0.5) is 0 Å². The summed E-state index contributed by atoms with van der Waals surface area (Å²) in [7, 11) is 0. The van der Waals surface area contributed by atoms with Gasteiger partial charge in [0.1, 0.15) is 0 Å². The lowest BCUT2D eigenvalue weighted by molar-refractivity contribution is 0.0996. The molecule has 70 valence electrons. The zero-order chi connectivity index (χ0) is 10.0. The van der Waals surface area contributed by atoms with Gasteiger partial charge in [-0.2, -0.15) is 0 Å². The molecule has 0 radical (unpaired) electrons. The van der Waals surface area contributed by atoms with Crippen LogP contribution in [0.25, 0.3) is 0 Å². The second-order valence-electron chi connectivity index (χ2n) is 2.60. The summed E-state index contributed by atoms with van der Waals surface area (Å²) in [6.45, 7) is 1.79. The quantitative estimate of drug-likeness (QED) is 0.436. The van der Waals surface area contributed by atoms with Gasteiger partial charge in [-0.3, -0.25) is 4.79 Å². The summed E-state index contributed by atoms with van der Waals surface area (Å²) < 4.78 is 1.01. The Bertz CT molecular complexity index is 338. The zero-order valence-electron chi connectivity index (χ0n) is 6.85. The molecule has 0 aromatic heterocycles. The number of benzene rings is 1. The maximum absolute atomic E-state index is 11.6. The molecule has 0 saturated heterocycles. The van der Waals surface area contributed by atoms with Gasteiger partial charge in [0.25, 0.3) is 0 Å². The number of Topliss-reactive ketones (excluding diaryl/α,β-unsaturated/α-hetero) is 1. The van der Waals surface area contributed by atoms with Gasteiger partial charge in [-0.25, -0.2) is 0 Å². The highest BCUT2D eigenvalue weighted by molar-refractivity contribution is 14.1. The van der Waals surface area contributed by atoms with E-state index in [1.807, 2.05) is 6.07 Å². The van der Waals surface area contributed by atoms with E-state index < -0.39 is 0 Å². The first-order valence-electron chi connectivity index (χ1n) is 3.65. The van der Waals surface area contributed by atoms with Crippen molar-refractivity contribution in [2.24, 2.45) is 0 Å². The third kappa shape index (κ3) is 2.92. The Labute approximate surface area is 104 Å². The van der Waals surface area contributed by atoms with Crippen molar-refractivity contribution >= 4 is 55.9 Å². The Balaban J connectivity index is 3.13. The molecular formula is C9H7BrClIO. The molecule has 1 atom stereocenters. The lowest BCUT2D eigenvalue weighted by Gasteiger charge is -2.05. The summed E-state index contributed by atoms with van der Waals surface area (Å²) in [5.41, 5.74) is 0.581. The van der Waals surface area contributed by atoms with Crippen molar-refractivity contribution in [1.29, 1.82) is 0 Å². The maximum Gasteiger partial charge on any atom is 0.177 e. The number of carbonyl (C=O) groups is 1. The van der Waals surface area contributed by atoms with E-state index in [4.69, 9.17) is 11.6 Å². The molecule has 1 unspecified atom stereocenters. The van der Waals surface area contributed by atoms with Crippen LogP contribution in [0.5, 0.6) is 0 Å². The van der Waals surface area contributed by atoms with Crippen molar-refractivity contribution in [3.63, 3.8) is 0 Å². The molecule has 4 heteroatoms. The maximum atomic E-state index is 11.6. The number of rotatable bonds is 2. The third-order valence-corrected chi connectivity index (χ3v) is 2.97. The van der Waals surface area contributed by atoms with Gasteiger partial charge in [-0.15, -0.1) is 0 Å². The van der Waals surface area contributed by atoms with Crippen LogP contribution in [0.15, 0.2) is 18.2 Å². The Kier molecular flexibility index (Phi) is 4.19. The summed E-state index contributed by atoms with van der Waals surface area (Å²) in [5.74, 6) is 0.0171. The molecule has 1 aromatic rings. The summed E-state index contributed by atoms with van der Waals surface area (Å²) in [5, 5.41) is 0.511. The van der Waals surface area contributed by atoms with Crippen molar-refractivity contribution < 1.29 is 4.79 Å². The van der Waals surface area contributed by atoms with Crippen LogP contribution in [-0.4, -0.2) is 10.6 Å². The Morgan fingerprint density at radius 1 is 1.62 bits per heavy atom. The lowest BCUT2D eigenvalue weighted by atomic mass is 10.1. The largest absolute Gasteiger partial charge is 0.293 e. The predicted molar refractivity (Wildman–Crippen MR) is 66.9 cm³/mol. The minimum absolute atomic E-state index is 0.0171. The van der Waals surface area contributed by atoms with E-state index in [2.05, 4.69) is 38.5 Å². The van der Waals surface area contributed by atoms with Crippen LogP contribution in [0.2, 0.25) is 5.02 Å². The van der Waals surface area contributed by atoms with Crippen LogP contribution in [0, 0.1) is 3.57 Å². The van der Waals surface area contributed by atoms with E-state index in [1.54, 1.807) is 19.1 Å². The molecule has 0 fully saturated rings.